The van der Waals surface area contributed by atoms with Crippen molar-refractivity contribution in [2.75, 3.05) is 6.61 Å². The fourth-order valence-corrected chi connectivity index (χ4v) is 2.22. The van der Waals surface area contributed by atoms with Crippen molar-refractivity contribution < 1.29 is 27.5 Å². The summed E-state index contributed by atoms with van der Waals surface area (Å²) in [5.41, 5.74) is -2.13. The minimum atomic E-state index is -4.75. The van der Waals surface area contributed by atoms with Crippen LogP contribution in [0.15, 0.2) is 30.0 Å². The van der Waals surface area contributed by atoms with Crippen LogP contribution >= 0.6 is 11.6 Å². The summed E-state index contributed by atoms with van der Waals surface area (Å²) in [7, 11) is 0. The molecule has 1 aliphatic rings. The predicted molar refractivity (Wildman–Crippen MR) is 78.2 cm³/mol. The highest BCUT2D eigenvalue weighted by molar-refractivity contribution is 6.31. The van der Waals surface area contributed by atoms with Crippen molar-refractivity contribution in [2.45, 2.75) is 25.9 Å². The standard InChI is InChI=1S/C16H14ClF3O3/c1-2-23-8-12(14(21)9-3-4-9)15(22)11-6-5-10(17)7-13(11)16(18,19)20/h5-9H,2-4H2,1H3/b12-8-. The smallest absolute Gasteiger partial charge is 0.417 e. The van der Waals surface area contributed by atoms with Gasteiger partial charge in [0.2, 0.25) is 0 Å². The molecule has 2 rings (SSSR count). The maximum absolute atomic E-state index is 13.1. The van der Waals surface area contributed by atoms with Gasteiger partial charge in [0.25, 0.3) is 0 Å². The van der Waals surface area contributed by atoms with E-state index in [1.165, 1.54) is 6.07 Å². The lowest BCUT2D eigenvalue weighted by Gasteiger charge is -2.13. The zero-order valence-corrected chi connectivity index (χ0v) is 13.0. The van der Waals surface area contributed by atoms with Crippen molar-refractivity contribution in [2.24, 2.45) is 5.92 Å². The topological polar surface area (TPSA) is 43.4 Å². The van der Waals surface area contributed by atoms with Gasteiger partial charge in [-0.1, -0.05) is 11.6 Å². The van der Waals surface area contributed by atoms with Crippen LogP contribution in [0.25, 0.3) is 0 Å². The first kappa shape index (κ1) is 17.5. The lowest BCUT2D eigenvalue weighted by atomic mass is 9.95. The third-order valence-electron chi connectivity index (χ3n) is 3.36. The first-order chi connectivity index (χ1) is 10.8. The van der Waals surface area contributed by atoms with E-state index in [0.29, 0.717) is 18.9 Å². The molecule has 0 amide bonds. The lowest BCUT2D eigenvalue weighted by Crippen LogP contribution is -2.20. The van der Waals surface area contributed by atoms with Crippen molar-refractivity contribution in [3.63, 3.8) is 0 Å². The third kappa shape index (κ3) is 4.13. The van der Waals surface area contributed by atoms with Gasteiger partial charge in [-0.15, -0.1) is 0 Å². The summed E-state index contributed by atoms with van der Waals surface area (Å²) in [5.74, 6) is -1.79. The highest BCUT2D eigenvalue weighted by atomic mass is 35.5. The van der Waals surface area contributed by atoms with Gasteiger partial charge in [0.15, 0.2) is 11.6 Å². The van der Waals surface area contributed by atoms with Gasteiger partial charge in [-0.25, -0.2) is 0 Å². The normalized spacial score (nSPS) is 15.4. The van der Waals surface area contributed by atoms with Crippen LogP contribution in [0, 0.1) is 5.92 Å². The van der Waals surface area contributed by atoms with E-state index in [2.05, 4.69) is 0 Å². The second kappa shape index (κ2) is 6.74. The summed E-state index contributed by atoms with van der Waals surface area (Å²) in [6.07, 6.45) is -2.54. The summed E-state index contributed by atoms with van der Waals surface area (Å²) in [6.45, 7) is 1.84. The number of hydrogen-bond donors (Lipinski definition) is 0. The van der Waals surface area contributed by atoms with E-state index in [0.717, 1.165) is 12.3 Å². The van der Waals surface area contributed by atoms with Crippen molar-refractivity contribution >= 4 is 23.2 Å². The van der Waals surface area contributed by atoms with Gasteiger partial charge in [-0.3, -0.25) is 9.59 Å². The van der Waals surface area contributed by atoms with Crippen LogP contribution in [0.3, 0.4) is 0 Å². The number of Topliss-reactive ketones (excluding diaryl/α,β-unsaturated/α-hetero) is 2. The molecule has 1 aromatic rings. The first-order valence-corrected chi connectivity index (χ1v) is 7.41. The Morgan fingerprint density at radius 1 is 1.35 bits per heavy atom. The van der Waals surface area contributed by atoms with Crippen molar-refractivity contribution in [3.05, 3.63) is 46.2 Å². The second-order valence-corrected chi connectivity index (χ2v) is 5.58. The van der Waals surface area contributed by atoms with Crippen molar-refractivity contribution in [1.29, 1.82) is 0 Å². The first-order valence-electron chi connectivity index (χ1n) is 7.03. The molecule has 0 atom stereocenters. The summed E-state index contributed by atoms with van der Waals surface area (Å²) in [5, 5.41) is -0.141. The van der Waals surface area contributed by atoms with Crippen LogP contribution in [-0.4, -0.2) is 18.2 Å². The van der Waals surface area contributed by atoms with Gasteiger partial charge >= 0.3 is 6.18 Å². The number of hydrogen-bond acceptors (Lipinski definition) is 3. The molecule has 1 fully saturated rings. The molecular formula is C16H14ClF3O3. The Kier molecular flexibility index (Phi) is 5.14. The average molecular weight is 347 g/mol. The van der Waals surface area contributed by atoms with Gasteiger partial charge in [-0.05, 0) is 38.0 Å². The molecule has 0 radical (unpaired) electrons. The molecule has 3 nitrogen and oxygen atoms in total. The number of carbonyl (C=O) groups is 2. The Bertz CT molecular complexity index is 661. The molecule has 0 heterocycles. The molecule has 1 aliphatic carbocycles. The summed E-state index contributed by atoms with van der Waals surface area (Å²) >= 11 is 5.60. The van der Waals surface area contributed by atoms with E-state index in [1.807, 2.05) is 0 Å². The summed E-state index contributed by atoms with van der Waals surface area (Å²) in [6, 6.07) is 2.84. The SMILES string of the molecule is CCO/C=C(\C(=O)c1ccc(Cl)cc1C(F)(F)F)C(=O)C1CC1. The maximum Gasteiger partial charge on any atom is 0.417 e. The van der Waals surface area contributed by atoms with E-state index in [-0.39, 0.29) is 23.1 Å². The molecule has 0 bridgehead atoms. The zero-order chi connectivity index (χ0) is 17.2. The average Bonchev–Trinajstić information content (AvgIpc) is 3.30. The van der Waals surface area contributed by atoms with Crippen LogP contribution in [0.4, 0.5) is 13.2 Å². The van der Waals surface area contributed by atoms with E-state index in [1.54, 1.807) is 6.92 Å². The third-order valence-corrected chi connectivity index (χ3v) is 3.59. The lowest BCUT2D eigenvalue weighted by molar-refractivity contribution is -0.138. The van der Waals surface area contributed by atoms with Gasteiger partial charge in [0.1, 0.15) is 5.57 Å². The monoisotopic (exact) mass is 346 g/mol. The van der Waals surface area contributed by atoms with Gasteiger partial charge in [0.05, 0.1) is 18.4 Å². The molecule has 7 heteroatoms. The number of ketones is 2. The molecule has 124 valence electrons. The van der Waals surface area contributed by atoms with Crippen LogP contribution < -0.4 is 0 Å². The van der Waals surface area contributed by atoms with Crippen LogP contribution in [0.2, 0.25) is 5.02 Å². The molecule has 0 N–H and O–H groups in total. The highest BCUT2D eigenvalue weighted by Crippen LogP contribution is 2.37. The van der Waals surface area contributed by atoms with Crippen LogP contribution in [0.5, 0.6) is 0 Å². The van der Waals surface area contributed by atoms with E-state index >= 15 is 0 Å². The quantitative estimate of drug-likeness (QED) is 0.251. The Balaban J connectivity index is 2.46. The van der Waals surface area contributed by atoms with Crippen LogP contribution in [-0.2, 0) is 15.7 Å². The number of allylic oxidation sites excluding steroid dienone is 1. The summed E-state index contributed by atoms with van der Waals surface area (Å²) in [4.78, 5) is 24.7. The Hall–Kier alpha value is -1.82. The van der Waals surface area contributed by atoms with Gasteiger partial charge in [-0.2, -0.15) is 13.2 Å². The molecule has 23 heavy (non-hydrogen) atoms. The fraction of sp³-hybridized carbons (Fsp3) is 0.375. The molecule has 0 spiro atoms. The number of halogens is 4. The fourth-order valence-electron chi connectivity index (χ4n) is 2.05. The highest BCUT2D eigenvalue weighted by Gasteiger charge is 2.39. The van der Waals surface area contributed by atoms with Crippen LogP contribution in [0.1, 0.15) is 35.7 Å². The molecule has 1 saturated carbocycles. The molecule has 0 aliphatic heterocycles. The van der Waals surface area contributed by atoms with Gasteiger partial charge in [0, 0.05) is 16.5 Å². The summed E-state index contributed by atoms with van der Waals surface area (Å²) < 4.78 is 44.4. The van der Waals surface area contributed by atoms with E-state index in [9.17, 15) is 22.8 Å². The largest absolute Gasteiger partial charge is 0.501 e. The number of alkyl halides is 3. The Morgan fingerprint density at radius 3 is 2.52 bits per heavy atom. The molecule has 0 unspecified atom stereocenters. The van der Waals surface area contributed by atoms with Crippen molar-refractivity contribution in [3.8, 4) is 0 Å². The number of rotatable bonds is 6. The number of carbonyl (C=O) groups excluding carboxylic acids is 2. The van der Waals surface area contributed by atoms with E-state index < -0.39 is 28.9 Å². The molecule has 0 aromatic heterocycles. The Morgan fingerprint density at radius 2 is 2.00 bits per heavy atom. The molecule has 0 saturated heterocycles. The molecule has 1 aromatic carbocycles. The number of ether oxygens (including phenoxy) is 1. The number of benzene rings is 1. The van der Waals surface area contributed by atoms with Gasteiger partial charge < -0.3 is 4.74 Å². The Labute approximate surface area is 136 Å². The zero-order valence-electron chi connectivity index (χ0n) is 12.2. The van der Waals surface area contributed by atoms with Crippen molar-refractivity contribution in [1.82, 2.24) is 0 Å². The minimum absolute atomic E-state index is 0.141. The van der Waals surface area contributed by atoms with E-state index in [4.69, 9.17) is 16.3 Å². The molecular weight excluding hydrogens is 333 g/mol. The predicted octanol–water partition coefficient (Wildman–Crippen LogP) is 4.44. The minimum Gasteiger partial charge on any atom is -0.501 e. The maximum atomic E-state index is 13.1. The second-order valence-electron chi connectivity index (χ2n) is 5.14.